The van der Waals surface area contributed by atoms with Crippen molar-refractivity contribution in [2.45, 2.75) is 58.7 Å². The van der Waals surface area contributed by atoms with Crippen molar-refractivity contribution in [1.29, 1.82) is 0 Å². The largest absolute Gasteiger partial charge is 0.489 e. The van der Waals surface area contributed by atoms with Gasteiger partial charge >= 0.3 is 0 Å². The van der Waals surface area contributed by atoms with E-state index < -0.39 is 0 Å². The first kappa shape index (κ1) is 12.2. The Labute approximate surface area is 103 Å². The number of rotatable bonds is 5. The maximum atomic E-state index is 5.86. The molecule has 0 N–H and O–H groups in total. The van der Waals surface area contributed by atoms with Gasteiger partial charge in [-0.05, 0) is 32.6 Å². The van der Waals surface area contributed by atoms with E-state index in [9.17, 15) is 0 Å². The molecule has 0 amide bonds. The van der Waals surface area contributed by atoms with Gasteiger partial charge in [0.1, 0.15) is 5.75 Å². The Hall–Kier alpha value is -1.25. The maximum absolute atomic E-state index is 5.86. The summed E-state index contributed by atoms with van der Waals surface area (Å²) in [4.78, 5) is 4.30. The Morgan fingerprint density at radius 1 is 1.24 bits per heavy atom. The zero-order valence-corrected chi connectivity index (χ0v) is 11.1. The fraction of sp³-hybridized carbons (Fsp3) is 0.643. The molecule has 0 bridgehead atoms. The Bertz CT molecular complexity index is 384. The van der Waals surface area contributed by atoms with Crippen LogP contribution in [0, 0.1) is 0 Å². The molecule has 0 radical (unpaired) electrons. The zero-order chi connectivity index (χ0) is 12.4. The van der Waals surface area contributed by atoms with Crippen molar-refractivity contribution in [3.63, 3.8) is 0 Å². The zero-order valence-electron chi connectivity index (χ0n) is 11.1. The highest BCUT2D eigenvalue weighted by atomic mass is 16.5. The normalized spacial score (nSPS) is 15.4. The van der Waals surface area contributed by atoms with Gasteiger partial charge in [0.25, 0.3) is 0 Å². The van der Waals surface area contributed by atoms with Crippen molar-refractivity contribution in [3.05, 3.63) is 17.8 Å². The van der Waals surface area contributed by atoms with Crippen LogP contribution in [0.1, 0.15) is 52.0 Å². The minimum absolute atomic E-state index is 0.151. The SMILES string of the molecule is CC(C)Oc1cc(C(C)C)c(OC2CC2)cn1. The van der Waals surface area contributed by atoms with E-state index in [1.165, 1.54) is 18.4 Å². The van der Waals surface area contributed by atoms with Gasteiger partial charge in [-0.2, -0.15) is 0 Å². The van der Waals surface area contributed by atoms with Gasteiger partial charge in [-0.3, -0.25) is 0 Å². The van der Waals surface area contributed by atoms with Crippen LogP contribution in [0.25, 0.3) is 0 Å². The van der Waals surface area contributed by atoms with Crippen LogP contribution in [-0.4, -0.2) is 17.2 Å². The van der Waals surface area contributed by atoms with E-state index in [0.717, 1.165) is 5.75 Å². The lowest BCUT2D eigenvalue weighted by Gasteiger charge is -2.16. The highest BCUT2D eigenvalue weighted by Gasteiger charge is 2.25. The summed E-state index contributed by atoms with van der Waals surface area (Å²) in [5.41, 5.74) is 1.18. The minimum atomic E-state index is 0.151. The molecule has 0 atom stereocenters. The van der Waals surface area contributed by atoms with Crippen LogP contribution in [0.5, 0.6) is 11.6 Å². The van der Waals surface area contributed by atoms with E-state index in [1.54, 1.807) is 6.20 Å². The Balaban J connectivity index is 2.20. The molecule has 0 spiro atoms. The van der Waals surface area contributed by atoms with Crippen LogP contribution in [0.15, 0.2) is 12.3 Å². The molecular formula is C14H21NO2. The first-order valence-corrected chi connectivity index (χ1v) is 6.39. The summed E-state index contributed by atoms with van der Waals surface area (Å²) >= 11 is 0. The van der Waals surface area contributed by atoms with Crippen molar-refractivity contribution in [2.75, 3.05) is 0 Å². The van der Waals surface area contributed by atoms with Crippen LogP contribution in [0.4, 0.5) is 0 Å². The van der Waals surface area contributed by atoms with E-state index >= 15 is 0 Å². The lowest BCUT2D eigenvalue weighted by molar-refractivity contribution is 0.230. The average Bonchev–Trinajstić information content (AvgIpc) is 3.03. The molecule has 1 aromatic rings. The quantitative estimate of drug-likeness (QED) is 0.782. The molecule has 2 rings (SSSR count). The second kappa shape index (κ2) is 4.94. The third-order valence-corrected chi connectivity index (χ3v) is 2.67. The lowest BCUT2D eigenvalue weighted by Crippen LogP contribution is -2.08. The van der Waals surface area contributed by atoms with E-state index in [2.05, 4.69) is 18.8 Å². The van der Waals surface area contributed by atoms with Gasteiger partial charge in [0, 0.05) is 11.6 Å². The Kier molecular flexibility index (Phi) is 3.55. The summed E-state index contributed by atoms with van der Waals surface area (Å²) in [5.74, 6) is 2.02. The molecule has 94 valence electrons. The Morgan fingerprint density at radius 3 is 2.47 bits per heavy atom. The van der Waals surface area contributed by atoms with Crippen LogP contribution in [-0.2, 0) is 0 Å². The van der Waals surface area contributed by atoms with E-state index in [-0.39, 0.29) is 6.10 Å². The van der Waals surface area contributed by atoms with Gasteiger partial charge in [-0.15, -0.1) is 0 Å². The fourth-order valence-electron chi connectivity index (χ4n) is 1.66. The first-order valence-electron chi connectivity index (χ1n) is 6.39. The molecule has 1 heterocycles. The summed E-state index contributed by atoms with van der Waals surface area (Å²) in [6.07, 6.45) is 4.69. The van der Waals surface area contributed by atoms with Gasteiger partial charge in [-0.1, -0.05) is 13.8 Å². The van der Waals surface area contributed by atoms with Crippen molar-refractivity contribution in [2.24, 2.45) is 0 Å². The second-order valence-corrected chi connectivity index (χ2v) is 5.20. The molecule has 0 aliphatic heterocycles. The predicted molar refractivity (Wildman–Crippen MR) is 67.7 cm³/mol. The van der Waals surface area contributed by atoms with E-state index in [4.69, 9.17) is 9.47 Å². The number of hydrogen-bond donors (Lipinski definition) is 0. The molecule has 3 heteroatoms. The number of ether oxygens (including phenoxy) is 2. The molecule has 3 nitrogen and oxygen atoms in total. The van der Waals surface area contributed by atoms with Crippen LogP contribution < -0.4 is 9.47 Å². The fourth-order valence-corrected chi connectivity index (χ4v) is 1.66. The summed E-state index contributed by atoms with van der Waals surface area (Å²) in [7, 11) is 0. The van der Waals surface area contributed by atoms with Gasteiger partial charge in [0.15, 0.2) is 0 Å². The van der Waals surface area contributed by atoms with E-state index in [1.807, 2.05) is 19.9 Å². The van der Waals surface area contributed by atoms with Crippen molar-refractivity contribution in [3.8, 4) is 11.6 Å². The number of nitrogens with zero attached hydrogens (tertiary/aromatic N) is 1. The van der Waals surface area contributed by atoms with Crippen LogP contribution >= 0.6 is 0 Å². The van der Waals surface area contributed by atoms with Crippen LogP contribution in [0.2, 0.25) is 0 Å². The molecule has 0 aromatic carbocycles. The topological polar surface area (TPSA) is 31.4 Å². The summed E-state index contributed by atoms with van der Waals surface area (Å²) in [5, 5.41) is 0. The molecule has 1 aliphatic carbocycles. The standard InChI is InChI=1S/C14H21NO2/c1-9(2)12-7-14(16-10(3)4)15-8-13(12)17-11-5-6-11/h7-11H,5-6H2,1-4H3. The van der Waals surface area contributed by atoms with Crippen molar-refractivity contribution >= 4 is 0 Å². The Morgan fingerprint density at radius 2 is 1.94 bits per heavy atom. The maximum Gasteiger partial charge on any atom is 0.213 e. The molecular weight excluding hydrogens is 214 g/mol. The van der Waals surface area contributed by atoms with Crippen LogP contribution in [0.3, 0.4) is 0 Å². The third-order valence-electron chi connectivity index (χ3n) is 2.67. The molecule has 1 aromatic heterocycles. The summed E-state index contributed by atoms with van der Waals surface area (Å²) in [6, 6.07) is 2.00. The highest BCUT2D eigenvalue weighted by molar-refractivity contribution is 5.37. The van der Waals surface area contributed by atoms with Gasteiger partial charge in [0.05, 0.1) is 18.4 Å². The molecule has 0 unspecified atom stereocenters. The first-order chi connectivity index (χ1) is 8.06. The van der Waals surface area contributed by atoms with Gasteiger partial charge in [0.2, 0.25) is 5.88 Å². The van der Waals surface area contributed by atoms with E-state index in [0.29, 0.717) is 17.9 Å². The smallest absolute Gasteiger partial charge is 0.213 e. The lowest BCUT2D eigenvalue weighted by atomic mass is 10.0. The second-order valence-electron chi connectivity index (χ2n) is 5.20. The summed E-state index contributed by atoms with van der Waals surface area (Å²) in [6.45, 7) is 8.33. The molecule has 17 heavy (non-hydrogen) atoms. The molecule has 0 saturated heterocycles. The third kappa shape index (κ3) is 3.35. The number of pyridine rings is 1. The molecule has 1 fully saturated rings. The van der Waals surface area contributed by atoms with Crippen molar-refractivity contribution in [1.82, 2.24) is 4.98 Å². The monoisotopic (exact) mass is 235 g/mol. The highest BCUT2D eigenvalue weighted by Crippen LogP contribution is 2.33. The number of hydrogen-bond acceptors (Lipinski definition) is 3. The molecule has 1 aliphatic rings. The average molecular weight is 235 g/mol. The molecule has 1 saturated carbocycles. The van der Waals surface area contributed by atoms with Gasteiger partial charge in [-0.25, -0.2) is 4.98 Å². The minimum Gasteiger partial charge on any atom is -0.489 e. The van der Waals surface area contributed by atoms with Crippen molar-refractivity contribution < 1.29 is 9.47 Å². The van der Waals surface area contributed by atoms with Gasteiger partial charge < -0.3 is 9.47 Å². The summed E-state index contributed by atoms with van der Waals surface area (Å²) < 4.78 is 11.5. The number of aromatic nitrogens is 1. The predicted octanol–water partition coefficient (Wildman–Crippen LogP) is 3.53.